The van der Waals surface area contributed by atoms with Gasteiger partial charge in [-0.25, -0.2) is 4.98 Å². The first-order chi connectivity index (χ1) is 5.24. The Morgan fingerprint density at radius 2 is 2.36 bits per heavy atom. The van der Waals surface area contributed by atoms with Gasteiger partial charge >= 0.3 is 0 Å². The summed E-state index contributed by atoms with van der Waals surface area (Å²) in [6.07, 6.45) is 1.47. The fourth-order valence-corrected chi connectivity index (χ4v) is 0.986. The summed E-state index contributed by atoms with van der Waals surface area (Å²) in [7, 11) is 0. The molecule has 1 rings (SSSR count). The molecule has 0 aliphatic carbocycles. The fourth-order valence-electron chi connectivity index (χ4n) is 0.662. The van der Waals surface area contributed by atoms with Gasteiger partial charge in [0, 0.05) is 11.5 Å². The van der Waals surface area contributed by atoms with E-state index in [0.29, 0.717) is 5.33 Å². The van der Waals surface area contributed by atoms with E-state index in [2.05, 4.69) is 27.5 Å². The van der Waals surface area contributed by atoms with Gasteiger partial charge in [0.1, 0.15) is 0 Å². The molecule has 3 heteroatoms. The lowest BCUT2D eigenvalue weighted by atomic mass is 10.2. The van der Waals surface area contributed by atoms with Crippen molar-refractivity contribution in [3.05, 3.63) is 36.4 Å². The monoisotopic (exact) mass is 215 g/mol. The topological polar surface area (TPSA) is 12.9 Å². The van der Waals surface area contributed by atoms with Gasteiger partial charge in [-0.15, -0.1) is 0 Å². The molecule has 58 valence electrons. The molecule has 0 aliphatic rings. The van der Waals surface area contributed by atoms with Crippen LogP contribution in [-0.2, 0) is 0 Å². The second-order valence-electron chi connectivity index (χ2n) is 2.11. The summed E-state index contributed by atoms with van der Waals surface area (Å²) in [5.74, 6) is -0.462. The Balaban J connectivity index is 2.90. The zero-order chi connectivity index (χ0) is 8.27. The zero-order valence-electron chi connectivity index (χ0n) is 5.85. The third kappa shape index (κ3) is 2.12. The van der Waals surface area contributed by atoms with Crippen LogP contribution < -0.4 is 0 Å². The van der Waals surface area contributed by atoms with Gasteiger partial charge in [0.05, 0.1) is 0 Å². The first kappa shape index (κ1) is 8.40. The summed E-state index contributed by atoms with van der Waals surface area (Å²) < 4.78 is 12.3. The van der Waals surface area contributed by atoms with Gasteiger partial charge in [0.2, 0.25) is 5.95 Å². The molecular formula is C8H7BrFN. The zero-order valence-corrected chi connectivity index (χ0v) is 7.44. The van der Waals surface area contributed by atoms with Crippen molar-refractivity contribution in [2.45, 2.75) is 0 Å². The van der Waals surface area contributed by atoms with Gasteiger partial charge in [-0.05, 0) is 23.3 Å². The average Bonchev–Trinajstić information content (AvgIpc) is 2.05. The summed E-state index contributed by atoms with van der Waals surface area (Å²) in [5.41, 5.74) is 1.76. The van der Waals surface area contributed by atoms with Crippen LogP contribution in [0.15, 0.2) is 24.9 Å². The lowest BCUT2D eigenvalue weighted by Gasteiger charge is -1.98. The van der Waals surface area contributed by atoms with Crippen molar-refractivity contribution in [1.29, 1.82) is 0 Å². The largest absolute Gasteiger partial charge is 0.228 e. The smallest absolute Gasteiger partial charge is 0.212 e. The third-order valence-corrected chi connectivity index (χ3v) is 1.97. The first-order valence-corrected chi connectivity index (χ1v) is 4.22. The Kier molecular flexibility index (Phi) is 2.76. The number of hydrogen-bond acceptors (Lipinski definition) is 1. The van der Waals surface area contributed by atoms with Gasteiger partial charge in [-0.2, -0.15) is 4.39 Å². The molecule has 1 nitrogen and oxygen atoms in total. The highest BCUT2D eigenvalue weighted by Gasteiger charge is 1.96. The molecule has 1 aromatic rings. The van der Waals surface area contributed by atoms with Crippen LogP contribution in [0.3, 0.4) is 0 Å². The van der Waals surface area contributed by atoms with Crippen molar-refractivity contribution in [1.82, 2.24) is 4.98 Å². The maximum absolute atomic E-state index is 12.3. The standard InChI is InChI=1S/C8H7BrFN/c1-6(4-9)7-2-3-8(10)11-5-7/h2-3,5H,1,4H2. The molecule has 0 amide bonds. The number of hydrogen-bond donors (Lipinski definition) is 0. The van der Waals surface area contributed by atoms with E-state index in [1.807, 2.05) is 0 Å². The molecule has 1 aromatic heterocycles. The van der Waals surface area contributed by atoms with Crippen molar-refractivity contribution in [3.63, 3.8) is 0 Å². The molecule has 1 heterocycles. The third-order valence-electron chi connectivity index (χ3n) is 1.30. The quantitative estimate of drug-likeness (QED) is 0.547. The van der Waals surface area contributed by atoms with Crippen LogP contribution in [0.2, 0.25) is 0 Å². The Hall–Kier alpha value is -0.700. The molecule has 0 radical (unpaired) electrons. The number of nitrogens with zero attached hydrogens (tertiary/aromatic N) is 1. The molecule has 0 fully saturated rings. The van der Waals surface area contributed by atoms with Gasteiger partial charge in [-0.3, -0.25) is 0 Å². The predicted octanol–water partition coefficient (Wildman–Crippen LogP) is 2.63. The summed E-state index contributed by atoms with van der Waals surface area (Å²) in [6, 6.07) is 2.98. The van der Waals surface area contributed by atoms with Crippen molar-refractivity contribution in [3.8, 4) is 0 Å². The van der Waals surface area contributed by atoms with Gasteiger partial charge in [0.15, 0.2) is 0 Å². The van der Waals surface area contributed by atoms with E-state index in [-0.39, 0.29) is 0 Å². The van der Waals surface area contributed by atoms with Crippen LogP contribution in [0.1, 0.15) is 5.56 Å². The number of halogens is 2. The average molecular weight is 216 g/mol. The van der Waals surface area contributed by atoms with Crippen molar-refractivity contribution < 1.29 is 4.39 Å². The number of allylic oxidation sites excluding steroid dienone is 1. The van der Waals surface area contributed by atoms with Crippen LogP contribution in [0, 0.1) is 5.95 Å². The van der Waals surface area contributed by atoms with E-state index < -0.39 is 5.95 Å². The summed E-state index contributed by atoms with van der Waals surface area (Å²) in [6.45, 7) is 3.76. The molecule has 0 unspecified atom stereocenters. The van der Waals surface area contributed by atoms with Crippen LogP contribution in [0.5, 0.6) is 0 Å². The lowest BCUT2D eigenvalue weighted by molar-refractivity contribution is 0.583. The summed E-state index contributed by atoms with van der Waals surface area (Å²) in [4.78, 5) is 3.50. The number of rotatable bonds is 2. The number of aromatic nitrogens is 1. The first-order valence-electron chi connectivity index (χ1n) is 3.09. The minimum atomic E-state index is -0.462. The Morgan fingerprint density at radius 3 is 2.82 bits per heavy atom. The van der Waals surface area contributed by atoms with Crippen molar-refractivity contribution in [2.75, 3.05) is 5.33 Å². The fraction of sp³-hybridized carbons (Fsp3) is 0.125. The highest BCUT2D eigenvalue weighted by Crippen LogP contribution is 2.12. The van der Waals surface area contributed by atoms with E-state index in [9.17, 15) is 4.39 Å². The normalized spacial score (nSPS) is 9.64. The van der Waals surface area contributed by atoms with Crippen molar-refractivity contribution >= 4 is 21.5 Å². The second-order valence-corrected chi connectivity index (χ2v) is 2.67. The number of alkyl halides is 1. The van der Waals surface area contributed by atoms with E-state index >= 15 is 0 Å². The Morgan fingerprint density at radius 1 is 1.64 bits per heavy atom. The molecule has 0 aromatic carbocycles. The van der Waals surface area contributed by atoms with Crippen molar-refractivity contribution in [2.24, 2.45) is 0 Å². The lowest BCUT2D eigenvalue weighted by Crippen LogP contribution is -1.87. The van der Waals surface area contributed by atoms with E-state index in [0.717, 1.165) is 11.1 Å². The molecule has 0 aliphatic heterocycles. The molecule has 0 bridgehead atoms. The van der Waals surface area contributed by atoms with Gasteiger partial charge < -0.3 is 0 Å². The van der Waals surface area contributed by atoms with E-state index in [4.69, 9.17) is 0 Å². The van der Waals surface area contributed by atoms with E-state index in [1.54, 1.807) is 6.07 Å². The van der Waals surface area contributed by atoms with Crippen LogP contribution in [-0.4, -0.2) is 10.3 Å². The highest BCUT2D eigenvalue weighted by atomic mass is 79.9. The molecule has 0 spiro atoms. The Bertz CT molecular complexity index is 255. The highest BCUT2D eigenvalue weighted by molar-refractivity contribution is 9.09. The molecule has 11 heavy (non-hydrogen) atoms. The summed E-state index contributed by atoms with van der Waals surface area (Å²) in [5, 5.41) is 0.681. The minimum absolute atomic E-state index is 0.462. The maximum Gasteiger partial charge on any atom is 0.212 e. The van der Waals surface area contributed by atoms with Crippen LogP contribution >= 0.6 is 15.9 Å². The van der Waals surface area contributed by atoms with Gasteiger partial charge in [-0.1, -0.05) is 22.5 Å². The molecule has 0 saturated carbocycles. The maximum atomic E-state index is 12.3. The SMILES string of the molecule is C=C(CBr)c1ccc(F)nc1. The van der Waals surface area contributed by atoms with Gasteiger partial charge in [0.25, 0.3) is 0 Å². The van der Waals surface area contributed by atoms with E-state index in [1.165, 1.54) is 12.3 Å². The predicted molar refractivity (Wildman–Crippen MR) is 47.0 cm³/mol. The summed E-state index contributed by atoms with van der Waals surface area (Å²) >= 11 is 3.25. The number of pyridine rings is 1. The molecule has 0 atom stereocenters. The van der Waals surface area contributed by atoms with Crippen LogP contribution in [0.4, 0.5) is 4.39 Å². The van der Waals surface area contributed by atoms with Crippen LogP contribution in [0.25, 0.3) is 5.57 Å². The molecular weight excluding hydrogens is 209 g/mol. The Labute approximate surface area is 73.1 Å². The molecule has 0 saturated heterocycles. The minimum Gasteiger partial charge on any atom is -0.228 e. The second kappa shape index (κ2) is 3.62. The molecule has 0 N–H and O–H groups in total.